The van der Waals surface area contributed by atoms with Gasteiger partial charge in [0.25, 0.3) is 5.91 Å². The van der Waals surface area contributed by atoms with Gasteiger partial charge < -0.3 is 9.80 Å². The van der Waals surface area contributed by atoms with Crippen LogP contribution in [0, 0.1) is 17.8 Å². The number of rotatable bonds is 4. The lowest BCUT2D eigenvalue weighted by Gasteiger charge is -2.47. The van der Waals surface area contributed by atoms with Crippen molar-refractivity contribution in [1.29, 1.82) is 0 Å². The SMILES string of the molecule is Cc1cccc(-c2nn(C)c(Cl)c2C(=O)N2CCC3(CCN(CCC(C)(C)C)CC3)CC2)n1. The fourth-order valence-corrected chi connectivity index (χ4v) is 5.34. The summed E-state index contributed by atoms with van der Waals surface area (Å²) < 4.78 is 1.58. The molecule has 1 amide bonds. The maximum Gasteiger partial charge on any atom is 0.259 e. The van der Waals surface area contributed by atoms with Crippen molar-refractivity contribution < 1.29 is 4.79 Å². The molecule has 33 heavy (non-hydrogen) atoms. The van der Waals surface area contributed by atoms with Crippen LogP contribution in [0.3, 0.4) is 0 Å². The molecule has 0 N–H and O–H groups in total. The molecule has 0 aromatic carbocycles. The number of carbonyl (C=O) groups excluding carboxylic acids is 1. The van der Waals surface area contributed by atoms with E-state index < -0.39 is 0 Å². The highest BCUT2D eigenvalue weighted by Gasteiger charge is 2.39. The third kappa shape index (κ3) is 5.43. The minimum Gasteiger partial charge on any atom is -0.338 e. The highest BCUT2D eigenvalue weighted by atomic mass is 35.5. The normalized spacial score (nSPS) is 19.3. The summed E-state index contributed by atoms with van der Waals surface area (Å²) in [6, 6.07) is 5.77. The Morgan fingerprint density at radius 2 is 1.73 bits per heavy atom. The molecule has 0 saturated carbocycles. The van der Waals surface area contributed by atoms with Crippen molar-refractivity contribution in [3.63, 3.8) is 0 Å². The summed E-state index contributed by atoms with van der Waals surface area (Å²) >= 11 is 6.56. The van der Waals surface area contributed by atoms with E-state index in [9.17, 15) is 4.79 Å². The second-order valence-corrected chi connectivity index (χ2v) is 11.6. The monoisotopic (exact) mass is 471 g/mol. The number of halogens is 1. The first-order valence-electron chi connectivity index (χ1n) is 12.3. The molecule has 0 radical (unpaired) electrons. The number of piperidine rings is 2. The zero-order valence-electron chi connectivity index (χ0n) is 20.8. The topological polar surface area (TPSA) is 54.3 Å². The second-order valence-electron chi connectivity index (χ2n) is 11.2. The number of carbonyl (C=O) groups is 1. The van der Waals surface area contributed by atoms with Gasteiger partial charge in [0.2, 0.25) is 0 Å². The summed E-state index contributed by atoms with van der Waals surface area (Å²) in [5.41, 5.74) is 3.41. The van der Waals surface area contributed by atoms with Crippen LogP contribution in [0.5, 0.6) is 0 Å². The molecule has 0 unspecified atom stereocenters. The van der Waals surface area contributed by atoms with Crippen LogP contribution in [0.2, 0.25) is 5.15 Å². The zero-order chi connectivity index (χ0) is 23.8. The van der Waals surface area contributed by atoms with Gasteiger partial charge in [0.15, 0.2) is 0 Å². The number of aryl methyl sites for hydroxylation is 2. The van der Waals surface area contributed by atoms with Gasteiger partial charge in [-0.15, -0.1) is 0 Å². The highest BCUT2D eigenvalue weighted by Crippen LogP contribution is 2.42. The van der Waals surface area contributed by atoms with Crippen molar-refractivity contribution in [2.75, 3.05) is 32.7 Å². The van der Waals surface area contributed by atoms with Crippen molar-refractivity contribution in [2.45, 2.75) is 59.8 Å². The van der Waals surface area contributed by atoms with E-state index in [1.165, 1.54) is 38.9 Å². The van der Waals surface area contributed by atoms with Gasteiger partial charge >= 0.3 is 0 Å². The molecule has 0 atom stereocenters. The molecule has 0 aliphatic carbocycles. The molecule has 2 aliphatic rings. The van der Waals surface area contributed by atoms with E-state index >= 15 is 0 Å². The number of amides is 1. The number of hydrogen-bond donors (Lipinski definition) is 0. The number of aromatic nitrogens is 3. The second kappa shape index (κ2) is 9.38. The Balaban J connectivity index is 1.41. The molecule has 2 aromatic rings. The Labute approximate surface area is 203 Å². The van der Waals surface area contributed by atoms with E-state index in [-0.39, 0.29) is 5.91 Å². The number of nitrogens with zero attached hydrogens (tertiary/aromatic N) is 5. The van der Waals surface area contributed by atoms with Crippen LogP contribution < -0.4 is 0 Å². The largest absolute Gasteiger partial charge is 0.338 e. The maximum atomic E-state index is 13.6. The third-order valence-electron chi connectivity index (χ3n) is 7.53. The number of likely N-dealkylation sites (tertiary alicyclic amines) is 2. The number of pyridine rings is 1. The first kappa shape index (κ1) is 24.2. The van der Waals surface area contributed by atoms with Crippen molar-refractivity contribution >= 4 is 17.5 Å². The average Bonchev–Trinajstić information content (AvgIpc) is 3.07. The minimum atomic E-state index is -0.0242. The summed E-state index contributed by atoms with van der Waals surface area (Å²) in [6.45, 7) is 14.0. The molecule has 7 heteroatoms. The predicted molar refractivity (Wildman–Crippen MR) is 134 cm³/mol. The zero-order valence-corrected chi connectivity index (χ0v) is 21.6. The van der Waals surface area contributed by atoms with Crippen LogP contribution in [-0.4, -0.2) is 63.2 Å². The van der Waals surface area contributed by atoms with Gasteiger partial charge in [-0.25, -0.2) is 0 Å². The van der Waals surface area contributed by atoms with Gasteiger partial charge in [-0.05, 0) is 81.6 Å². The molecule has 4 rings (SSSR count). The maximum absolute atomic E-state index is 13.6. The Morgan fingerprint density at radius 1 is 1.09 bits per heavy atom. The Bertz CT molecular complexity index is 991. The Kier molecular flexibility index (Phi) is 6.88. The smallest absolute Gasteiger partial charge is 0.259 e. The molecule has 2 aliphatic heterocycles. The van der Waals surface area contributed by atoms with Crippen LogP contribution in [0.15, 0.2) is 18.2 Å². The van der Waals surface area contributed by atoms with Gasteiger partial charge in [-0.2, -0.15) is 5.10 Å². The third-order valence-corrected chi connectivity index (χ3v) is 7.96. The lowest BCUT2D eigenvalue weighted by molar-refractivity contribution is 0.0283. The summed E-state index contributed by atoms with van der Waals surface area (Å²) in [6.07, 6.45) is 5.87. The van der Waals surface area contributed by atoms with Crippen LogP contribution in [0.25, 0.3) is 11.4 Å². The van der Waals surface area contributed by atoms with Crippen LogP contribution in [0.1, 0.15) is 68.9 Å². The number of hydrogen-bond acceptors (Lipinski definition) is 4. The highest BCUT2D eigenvalue weighted by molar-refractivity contribution is 6.33. The van der Waals surface area contributed by atoms with E-state index in [1.54, 1.807) is 11.7 Å². The van der Waals surface area contributed by atoms with Gasteiger partial charge in [-0.1, -0.05) is 38.4 Å². The van der Waals surface area contributed by atoms with Crippen molar-refractivity contribution in [3.05, 3.63) is 34.6 Å². The first-order valence-corrected chi connectivity index (χ1v) is 12.6. The van der Waals surface area contributed by atoms with E-state index in [0.29, 0.717) is 32.9 Å². The van der Waals surface area contributed by atoms with Gasteiger partial charge in [0.05, 0.1) is 5.69 Å². The Hall–Kier alpha value is -1.92. The first-order chi connectivity index (χ1) is 15.6. The Morgan fingerprint density at radius 3 is 2.33 bits per heavy atom. The summed E-state index contributed by atoms with van der Waals surface area (Å²) in [5.74, 6) is -0.0242. The molecular formula is C26H38ClN5O. The standard InChI is InChI=1S/C26H38ClN5O/c1-19-7-6-8-20(28-19)22-21(23(27)30(5)29-22)24(33)32-17-12-26(13-18-32)10-15-31(16-11-26)14-9-25(2,3)4/h6-8H,9-18H2,1-5H3. The van der Waals surface area contributed by atoms with Crippen LogP contribution in [-0.2, 0) is 7.05 Å². The van der Waals surface area contributed by atoms with E-state index in [1.807, 2.05) is 30.0 Å². The molecule has 4 heterocycles. The van der Waals surface area contributed by atoms with Gasteiger partial charge in [0, 0.05) is 25.8 Å². The summed E-state index contributed by atoms with van der Waals surface area (Å²) in [4.78, 5) is 22.8. The molecule has 0 bridgehead atoms. The molecular weight excluding hydrogens is 434 g/mol. The lowest BCUT2D eigenvalue weighted by Crippen LogP contribution is -2.48. The van der Waals surface area contributed by atoms with Gasteiger partial charge in [-0.3, -0.25) is 14.5 Å². The van der Waals surface area contributed by atoms with E-state index in [0.717, 1.165) is 31.6 Å². The van der Waals surface area contributed by atoms with Crippen molar-refractivity contribution in [1.82, 2.24) is 24.6 Å². The van der Waals surface area contributed by atoms with Crippen molar-refractivity contribution in [2.24, 2.45) is 17.9 Å². The summed E-state index contributed by atoms with van der Waals surface area (Å²) in [7, 11) is 1.77. The average molecular weight is 472 g/mol. The fourth-order valence-electron chi connectivity index (χ4n) is 5.13. The van der Waals surface area contributed by atoms with Crippen LogP contribution >= 0.6 is 11.6 Å². The predicted octanol–water partition coefficient (Wildman–Crippen LogP) is 5.20. The lowest BCUT2D eigenvalue weighted by atomic mass is 9.71. The quantitative estimate of drug-likeness (QED) is 0.615. The van der Waals surface area contributed by atoms with Crippen LogP contribution in [0.4, 0.5) is 0 Å². The minimum absolute atomic E-state index is 0.0242. The molecule has 180 valence electrons. The molecule has 2 aromatic heterocycles. The fraction of sp³-hybridized carbons (Fsp3) is 0.654. The summed E-state index contributed by atoms with van der Waals surface area (Å²) in [5, 5.41) is 4.91. The van der Waals surface area contributed by atoms with Crippen molar-refractivity contribution in [3.8, 4) is 11.4 Å². The molecule has 2 saturated heterocycles. The van der Waals surface area contributed by atoms with E-state index in [4.69, 9.17) is 11.6 Å². The molecule has 2 fully saturated rings. The molecule has 6 nitrogen and oxygen atoms in total. The molecule has 1 spiro atoms. The van der Waals surface area contributed by atoms with E-state index in [2.05, 4.69) is 35.8 Å². The van der Waals surface area contributed by atoms with Gasteiger partial charge in [0.1, 0.15) is 16.4 Å².